The van der Waals surface area contributed by atoms with E-state index in [-0.39, 0.29) is 11.9 Å². The zero-order valence-corrected chi connectivity index (χ0v) is 10.8. The van der Waals surface area contributed by atoms with Gasteiger partial charge in [-0.05, 0) is 37.1 Å². The first kappa shape index (κ1) is 12.8. The molecule has 94 valence electrons. The maximum atomic E-state index is 12.8. The Bertz CT molecular complexity index is 513. The van der Waals surface area contributed by atoms with Gasteiger partial charge in [0.1, 0.15) is 5.82 Å². The number of nitrogens with zero attached hydrogens (tertiary/aromatic N) is 1. The molecule has 0 fully saturated rings. The summed E-state index contributed by atoms with van der Waals surface area (Å²) in [6.45, 7) is 2.05. The Balaban J connectivity index is 1.99. The molecule has 0 radical (unpaired) electrons. The Morgan fingerprint density at radius 2 is 2.00 bits per heavy atom. The van der Waals surface area contributed by atoms with E-state index in [2.05, 4.69) is 10.3 Å². The minimum absolute atomic E-state index is 0.192. The van der Waals surface area contributed by atoms with E-state index in [0.717, 1.165) is 17.7 Å². The molecule has 4 heteroatoms. The Morgan fingerprint density at radius 1 is 1.28 bits per heavy atom. The summed E-state index contributed by atoms with van der Waals surface area (Å²) >= 11 is 6.04. The van der Waals surface area contributed by atoms with Gasteiger partial charge >= 0.3 is 0 Å². The van der Waals surface area contributed by atoms with E-state index in [1.54, 1.807) is 30.6 Å². The zero-order chi connectivity index (χ0) is 13.0. The smallest absolute Gasteiger partial charge is 0.123 e. The Labute approximate surface area is 111 Å². The van der Waals surface area contributed by atoms with Gasteiger partial charge < -0.3 is 5.32 Å². The normalized spacial score (nSPS) is 12.2. The van der Waals surface area contributed by atoms with Crippen LogP contribution in [-0.2, 0) is 6.42 Å². The molecule has 1 heterocycles. The second kappa shape index (κ2) is 5.83. The predicted octanol–water partition coefficient (Wildman–Crippen LogP) is 3.92. The number of rotatable bonds is 4. The van der Waals surface area contributed by atoms with Crippen LogP contribution in [0.4, 0.5) is 10.1 Å². The van der Waals surface area contributed by atoms with Crippen LogP contribution >= 0.6 is 11.6 Å². The van der Waals surface area contributed by atoms with Crippen molar-refractivity contribution >= 4 is 17.3 Å². The molecule has 0 bridgehead atoms. The average molecular weight is 265 g/mol. The van der Waals surface area contributed by atoms with Gasteiger partial charge in [0.05, 0.1) is 16.9 Å². The molecule has 0 aliphatic carbocycles. The molecule has 1 atom stereocenters. The standard InChI is InChI=1S/C14H14ClFN2/c1-10(8-11-2-4-12(16)5-3-11)18-14-9-17-7-6-13(14)15/h2-7,9-10,18H,8H2,1H3. The van der Waals surface area contributed by atoms with Crippen LogP contribution < -0.4 is 5.32 Å². The molecular formula is C14H14ClFN2. The maximum absolute atomic E-state index is 12.8. The van der Waals surface area contributed by atoms with E-state index >= 15 is 0 Å². The zero-order valence-electron chi connectivity index (χ0n) is 10.0. The third-order valence-electron chi connectivity index (χ3n) is 2.62. The minimum Gasteiger partial charge on any atom is -0.380 e. The molecule has 1 aromatic heterocycles. The summed E-state index contributed by atoms with van der Waals surface area (Å²) in [5, 5.41) is 3.93. The third-order valence-corrected chi connectivity index (χ3v) is 2.95. The summed E-state index contributed by atoms with van der Waals surface area (Å²) in [5.41, 5.74) is 1.89. The number of halogens is 2. The highest BCUT2D eigenvalue weighted by molar-refractivity contribution is 6.33. The maximum Gasteiger partial charge on any atom is 0.123 e. The lowest BCUT2D eigenvalue weighted by Crippen LogP contribution is -2.18. The third kappa shape index (κ3) is 3.44. The van der Waals surface area contributed by atoms with Crippen LogP contribution in [0.5, 0.6) is 0 Å². The lowest BCUT2D eigenvalue weighted by atomic mass is 10.1. The number of benzene rings is 1. The second-order valence-corrected chi connectivity index (χ2v) is 4.64. The Hall–Kier alpha value is -1.61. The lowest BCUT2D eigenvalue weighted by Gasteiger charge is -2.16. The molecule has 2 aromatic rings. The van der Waals surface area contributed by atoms with Crippen molar-refractivity contribution < 1.29 is 4.39 Å². The van der Waals surface area contributed by atoms with E-state index < -0.39 is 0 Å². The molecule has 0 spiro atoms. The van der Waals surface area contributed by atoms with E-state index in [4.69, 9.17) is 11.6 Å². The fourth-order valence-corrected chi connectivity index (χ4v) is 1.93. The van der Waals surface area contributed by atoms with Crippen molar-refractivity contribution in [3.8, 4) is 0 Å². The molecule has 18 heavy (non-hydrogen) atoms. The molecule has 0 saturated carbocycles. The summed E-state index contributed by atoms with van der Waals surface area (Å²) in [7, 11) is 0. The molecule has 1 N–H and O–H groups in total. The van der Waals surface area contributed by atoms with Gasteiger partial charge in [-0.3, -0.25) is 4.98 Å². The van der Waals surface area contributed by atoms with Crippen LogP contribution in [0.2, 0.25) is 5.02 Å². The predicted molar refractivity (Wildman–Crippen MR) is 72.4 cm³/mol. The summed E-state index contributed by atoms with van der Waals surface area (Å²) in [6, 6.07) is 8.46. The van der Waals surface area contributed by atoms with Crippen LogP contribution in [0, 0.1) is 5.82 Å². The van der Waals surface area contributed by atoms with Crippen molar-refractivity contribution in [2.75, 3.05) is 5.32 Å². The van der Waals surface area contributed by atoms with Crippen LogP contribution in [0.1, 0.15) is 12.5 Å². The topological polar surface area (TPSA) is 24.9 Å². The van der Waals surface area contributed by atoms with E-state index in [1.807, 2.05) is 6.92 Å². The first-order chi connectivity index (χ1) is 8.65. The molecule has 2 rings (SSSR count). The van der Waals surface area contributed by atoms with Crippen molar-refractivity contribution in [2.24, 2.45) is 0 Å². The summed E-state index contributed by atoms with van der Waals surface area (Å²) in [6.07, 6.45) is 4.15. The molecule has 0 aliphatic heterocycles. The van der Waals surface area contributed by atoms with Crippen molar-refractivity contribution in [1.82, 2.24) is 4.98 Å². The lowest BCUT2D eigenvalue weighted by molar-refractivity contribution is 0.626. The Morgan fingerprint density at radius 3 is 2.67 bits per heavy atom. The van der Waals surface area contributed by atoms with Crippen LogP contribution in [0.25, 0.3) is 0 Å². The largest absolute Gasteiger partial charge is 0.380 e. The van der Waals surface area contributed by atoms with Gasteiger partial charge in [-0.15, -0.1) is 0 Å². The quantitative estimate of drug-likeness (QED) is 0.905. The number of anilines is 1. The van der Waals surface area contributed by atoms with Crippen LogP contribution in [-0.4, -0.2) is 11.0 Å². The molecule has 0 saturated heterocycles. The molecule has 1 unspecified atom stereocenters. The van der Waals surface area contributed by atoms with E-state index in [9.17, 15) is 4.39 Å². The fourth-order valence-electron chi connectivity index (χ4n) is 1.77. The summed E-state index contributed by atoms with van der Waals surface area (Å²) in [5.74, 6) is -0.213. The number of nitrogens with one attached hydrogen (secondary N) is 1. The van der Waals surface area contributed by atoms with Crippen LogP contribution in [0.15, 0.2) is 42.7 Å². The molecular weight excluding hydrogens is 251 g/mol. The van der Waals surface area contributed by atoms with E-state index in [0.29, 0.717) is 5.02 Å². The highest BCUT2D eigenvalue weighted by Gasteiger charge is 2.06. The number of hydrogen-bond acceptors (Lipinski definition) is 2. The van der Waals surface area contributed by atoms with Gasteiger partial charge in [0.25, 0.3) is 0 Å². The summed E-state index contributed by atoms with van der Waals surface area (Å²) in [4.78, 5) is 4.02. The SMILES string of the molecule is CC(Cc1ccc(F)cc1)Nc1cnccc1Cl. The molecule has 2 nitrogen and oxygen atoms in total. The van der Waals surface area contributed by atoms with Crippen LogP contribution in [0.3, 0.4) is 0 Å². The van der Waals surface area contributed by atoms with Gasteiger partial charge in [0.2, 0.25) is 0 Å². The molecule has 0 aliphatic rings. The number of hydrogen-bond donors (Lipinski definition) is 1. The van der Waals surface area contributed by atoms with Crippen molar-refractivity contribution in [2.45, 2.75) is 19.4 Å². The average Bonchev–Trinajstić information content (AvgIpc) is 2.35. The van der Waals surface area contributed by atoms with Crippen molar-refractivity contribution in [3.63, 3.8) is 0 Å². The Kier molecular flexibility index (Phi) is 4.15. The number of pyridine rings is 1. The highest BCUT2D eigenvalue weighted by Crippen LogP contribution is 2.20. The minimum atomic E-state index is -0.213. The van der Waals surface area contributed by atoms with Gasteiger partial charge in [-0.25, -0.2) is 4.39 Å². The first-order valence-electron chi connectivity index (χ1n) is 5.75. The molecule has 1 aromatic carbocycles. The van der Waals surface area contributed by atoms with E-state index in [1.165, 1.54) is 12.1 Å². The van der Waals surface area contributed by atoms with Gasteiger partial charge in [-0.1, -0.05) is 23.7 Å². The molecule has 0 amide bonds. The summed E-state index contributed by atoms with van der Waals surface area (Å²) < 4.78 is 12.8. The fraction of sp³-hybridized carbons (Fsp3) is 0.214. The van der Waals surface area contributed by atoms with Crippen molar-refractivity contribution in [1.29, 1.82) is 0 Å². The van der Waals surface area contributed by atoms with Crippen molar-refractivity contribution in [3.05, 3.63) is 59.1 Å². The van der Waals surface area contributed by atoms with Gasteiger partial charge in [0, 0.05) is 12.2 Å². The first-order valence-corrected chi connectivity index (χ1v) is 6.13. The number of aromatic nitrogens is 1. The monoisotopic (exact) mass is 264 g/mol. The second-order valence-electron chi connectivity index (χ2n) is 4.23. The van der Waals surface area contributed by atoms with Gasteiger partial charge in [0.15, 0.2) is 0 Å². The highest BCUT2D eigenvalue weighted by atomic mass is 35.5. The van der Waals surface area contributed by atoms with Gasteiger partial charge in [-0.2, -0.15) is 0 Å².